The number of amides is 3. The number of ether oxygens (including phenoxy) is 2. The van der Waals surface area contributed by atoms with Crippen LogP contribution in [0.5, 0.6) is 11.5 Å². The van der Waals surface area contributed by atoms with Crippen molar-refractivity contribution >= 4 is 52.6 Å². The maximum atomic E-state index is 12.8. The summed E-state index contributed by atoms with van der Waals surface area (Å²) in [5.74, 6) is 2.09. The first-order valence-electron chi connectivity index (χ1n) is 11.0. The zero-order valence-corrected chi connectivity index (χ0v) is 20.6. The van der Waals surface area contributed by atoms with Crippen molar-refractivity contribution in [2.45, 2.75) is 30.3 Å². The highest BCUT2D eigenvalue weighted by Crippen LogP contribution is 2.39. The van der Waals surface area contributed by atoms with Gasteiger partial charge in [0.25, 0.3) is 0 Å². The van der Waals surface area contributed by atoms with Crippen LogP contribution in [0.1, 0.15) is 18.4 Å². The average Bonchev–Trinajstić information content (AvgIpc) is 3.48. The van der Waals surface area contributed by atoms with Crippen LogP contribution >= 0.6 is 35.0 Å². The first-order chi connectivity index (χ1) is 16.4. The number of nitrogens with one attached hydrogen (secondary N) is 3. The standard InChI is InChI=1S/C23H24Cl2N4O4S/c24-15-2-1-3-16(20(15)25)27-22(31)29-8-6-23(7-9-29)28-17(12-34-23)21(30)26-11-14-4-5-18-19(10-14)33-13-32-18/h1-5,10,17,28H,6-9,11-13H2,(H,26,30)(H,27,31). The number of thioether (sulfide) groups is 1. The summed E-state index contributed by atoms with van der Waals surface area (Å²) in [7, 11) is 0. The molecule has 0 aromatic heterocycles. The first-order valence-corrected chi connectivity index (χ1v) is 12.7. The number of urea groups is 1. The number of nitrogens with zero attached hydrogens (tertiary/aromatic N) is 1. The van der Waals surface area contributed by atoms with Crippen LogP contribution in [0.15, 0.2) is 36.4 Å². The number of piperidine rings is 1. The van der Waals surface area contributed by atoms with E-state index in [1.54, 1.807) is 34.9 Å². The Hall–Kier alpha value is -2.33. The second kappa shape index (κ2) is 9.73. The van der Waals surface area contributed by atoms with Gasteiger partial charge in [-0.25, -0.2) is 4.79 Å². The fourth-order valence-corrected chi connectivity index (χ4v) is 6.07. The lowest BCUT2D eigenvalue weighted by Gasteiger charge is -2.39. The zero-order chi connectivity index (χ0) is 23.7. The molecule has 3 heterocycles. The smallest absolute Gasteiger partial charge is 0.321 e. The fourth-order valence-electron chi connectivity index (χ4n) is 4.30. The molecule has 3 aliphatic rings. The van der Waals surface area contributed by atoms with Crippen LogP contribution in [-0.2, 0) is 11.3 Å². The molecule has 1 atom stereocenters. The lowest BCUT2D eigenvalue weighted by Crippen LogP contribution is -2.54. The molecule has 0 saturated carbocycles. The molecule has 0 aliphatic carbocycles. The van der Waals surface area contributed by atoms with E-state index in [9.17, 15) is 9.59 Å². The molecule has 2 aromatic carbocycles. The third kappa shape index (κ3) is 4.88. The van der Waals surface area contributed by atoms with Gasteiger partial charge in [0, 0.05) is 25.4 Å². The Morgan fingerprint density at radius 1 is 1.15 bits per heavy atom. The third-order valence-corrected chi connectivity index (χ3v) is 8.63. The molecule has 11 heteroatoms. The van der Waals surface area contributed by atoms with E-state index in [4.69, 9.17) is 32.7 Å². The minimum Gasteiger partial charge on any atom is -0.454 e. The molecule has 1 spiro atoms. The van der Waals surface area contributed by atoms with Crippen LogP contribution in [0, 0.1) is 0 Å². The molecular weight excluding hydrogens is 499 g/mol. The largest absolute Gasteiger partial charge is 0.454 e. The lowest BCUT2D eigenvalue weighted by molar-refractivity contribution is -0.122. The number of benzene rings is 2. The lowest BCUT2D eigenvalue weighted by atomic mass is 10.0. The summed E-state index contributed by atoms with van der Waals surface area (Å²) in [6.45, 7) is 1.81. The molecule has 1 unspecified atom stereocenters. The SMILES string of the molecule is O=C(NCc1ccc2c(c1)OCO2)C1CSC2(CCN(C(=O)Nc3cccc(Cl)c3Cl)CC2)N1. The second-order valence-corrected chi connectivity index (χ2v) is 10.6. The van der Waals surface area contributed by atoms with Crippen molar-refractivity contribution in [3.05, 3.63) is 52.0 Å². The van der Waals surface area contributed by atoms with Crippen molar-refractivity contribution < 1.29 is 19.1 Å². The summed E-state index contributed by atoms with van der Waals surface area (Å²) >= 11 is 14.0. The van der Waals surface area contributed by atoms with Crippen LogP contribution in [0.3, 0.4) is 0 Å². The Bertz CT molecular complexity index is 1110. The van der Waals surface area contributed by atoms with Crippen LogP contribution in [0.2, 0.25) is 10.0 Å². The predicted molar refractivity (Wildman–Crippen MR) is 133 cm³/mol. The molecule has 8 nitrogen and oxygen atoms in total. The summed E-state index contributed by atoms with van der Waals surface area (Å²) in [5, 5.41) is 10.1. The Morgan fingerprint density at radius 2 is 1.94 bits per heavy atom. The Labute approximate surface area is 211 Å². The van der Waals surface area contributed by atoms with E-state index in [0.29, 0.717) is 46.9 Å². The van der Waals surface area contributed by atoms with Crippen molar-refractivity contribution in [1.29, 1.82) is 0 Å². The molecule has 3 aliphatic heterocycles. The molecule has 2 aromatic rings. The van der Waals surface area contributed by atoms with Gasteiger partial charge < -0.3 is 25.0 Å². The van der Waals surface area contributed by atoms with Crippen molar-refractivity contribution in [1.82, 2.24) is 15.5 Å². The maximum Gasteiger partial charge on any atom is 0.321 e. The average molecular weight is 523 g/mol. The van der Waals surface area contributed by atoms with Gasteiger partial charge in [-0.05, 0) is 42.7 Å². The van der Waals surface area contributed by atoms with Crippen LogP contribution in [0.25, 0.3) is 0 Å². The highest BCUT2D eigenvalue weighted by Gasteiger charge is 2.44. The first kappa shape index (κ1) is 23.4. The summed E-state index contributed by atoms with van der Waals surface area (Å²) in [4.78, 5) is 27.0. The number of hydrogen-bond acceptors (Lipinski definition) is 6. The molecule has 2 fully saturated rings. The quantitative estimate of drug-likeness (QED) is 0.560. The van der Waals surface area contributed by atoms with Gasteiger partial charge in [0.15, 0.2) is 11.5 Å². The van der Waals surface area contributed by atoms with E-state index in [0.717, 1.165) is 24.2 Å². The summed E-state index contributed by atoms with van der Waals surface area (Å²) in [5.41, 5.74) is 1.45. The molecule has 5 rings (SSSR count). The topological polar surface area (TPSA) is 91.9 Å². The number of carbonyl (C=O) groups is 2. The minimum atomic E-state index is -0.273. The molecule has 180 valence electrons. The van der Waals surface area contributed by atoms with E-state index in [2.05, 4.69) is 16.0 Å². The number of hydrogen-bond donors (Lipinski definition) is 3. The van der Waals surface area contributed by atoms with Gasteiger partial charge in [-0.2, -0.15) is 0 Å². The van der Waals surface area contributed by atoms with E-state index >= 15 is 0 Å². The Morgan fingerprint density at radius 3 is 2.76 bits per heavy atom. The number of likely N-dealkylation sites (tertiary alicyclic amines) is 1. The second-order valence-electron chi connectivity index (χ2n) is 8.43. The van der Waals surface area contributed by atoms with Gasteiger partial charge in [0.05, 0.1) is 26.6 Å². The number of carbonyl (C=O) groups excluding carboxylic acids is 2. The minimum absolute atomic E-state index is 0.0298. The summed E-state index contributed by atoms with van der Waals surface area (Å²) in [6.07, 6.45) is 1.50. The van der Waals surface area contributed by atoms with Gasteiger partial charge in [-0.15, -0.1) is 11.8 Å². The summed E-state index contributed by atoms with van der Waals surface area (Å²) in [6, 6.07) is 10.3. The molecule has 0 bridgehead atoms. The van der Waals surface area contributed by atoms with Crippen LogP contribution < -0.4 is 25.4 Å². The zero-order valence-electron chi connectivity index (χ0n) is 18.2. The van der Waals surface area contributed by atoms with E-state index in [-0.39, 0.29) is 29.6 Å². The molecule has 34 heavy (non-hydrogen) atoms. The molecule has 3 N–H and O–H groups in total. The van der Waals surface area contributed by atoms with E-state index < -0.39 is 0 Å². The number of fused-ring (bicyclic) bond motifs is 1. The van der Waals surface area contributed by atoms with E-state index in [1.165, 1.54) is 0 Å². The van der Waals surface area contributed by atoms with Gasteiger partial charge in [-0.3, -0.25) is 10.1 Å². The molecular formula is C23H24Cl2N4O4S. The number of halogens is 2. The van der Waals surface area contributed by atoms with E-state index in [1.807, 2.05) is 18.2 Å². The Balaban J connectivity index is 1.10. The van der Waals surface area contributed by atoms with Crippen LogP contribution in [-0.4, -0.2) is 53.4 Å². The van der Waals surface area contributed by atoms with Gasteiger partial charge in [-0.1, -0.05) is 35.3 Å². The monoisotopic (exact) mass is 522 g/mol. The molecule has 3 amide bonds. The predicted octanol–water partition coefficient (Wildman–Crippen LogP) is 4.07. The summed E-state index contributed by atoms with van der Waals surface area (Å²) < 4.78 is 10.7. The molecule has 2 saturated heterocycles. The van der Waals surface area contributed by atoms with Crippen molar-refractivity contribution in [2.24, 2.45) is 0 Å². The Kier molecular flexibility index (Phi) is 6.70. The van der Waals surface area contributed by atoms with Gasteiger partial charge >= 0.3 is 6.03 Å². The van der Waals surface area contributed by atoms with Crippen molar-refractivity contribution in [3.63, 3.8) is 0 Å². The maximum absolute atomic E-state index is 12.8. The van der Waals surface area contributed by atoms with Gasteiger partial charge in [0.2, 0.25) is 12.7 Å². The highest BCUT2D eigenvalue weighted by atomic mass is 35.5. The van der Waals surface area contributed by atoms with Gasteiger partial charge in [0.1, 0.15) is 0 Å². The van der Waals surface area contributed by atoms with Crippen LogP contribution in [0.4, 0.5) is 10.5 Å². The number of rotatable bonds is 4. The van der Waals surface area contributed by atoms with Crippen molar-refractivity contribution in [2.75, 3.05) is 31.0 Å². The molecule has 0 radical (unpaired) electrons. The normalized spacial score (nSPS) is 20.4. The fraction of sp³-hybridized carbons (Fsp3) is 0.391. The third-order valence-electron chi connectivity index (χ3n) is 6.24. The highest BCUT2D eigenvalue weighted by molar-refractivity contribution is 8.01. The van der Waals surface area contributed by atoms with Crippen molar-refractivity contribution in [3.8, 4) is 11.5 Å². The number of anilines is 1.